The number of rotatable bonds is 1. The number of anilines is 2. The van der Waals surface area contributed by atoms with Crippen LogP contribution < -0.4 is 10.6 Å². The molecule has 18 heavy (non-hydrogen) atoms. The summed E-state index contributed by atoms with van der Waals surface area (Å²) in [7, 11) is 0. The highest BCUT2D eigenvalue weighted by molar-refractivity contribution is 5.61. The van der Waals surface area contributed by atoms with Gasteiger partial charge in [-0.3, -0.25) is 0 Å². The zero-order chi connectivity index (χ0) is 12.6. The lowest BCUT2D eigenvalue weighted by molar-refractivity contribution is 0.226. The van der Waals surface area contributed by atoms with E-state index in [1.807, 2.05) is 6.07 Å². The maximum atomic E-state index is 5.92. The molecule has 2 nitrogen and oxygen atoms in total. The van der Waals surface area contributed by atoms with Crippen LogP contribution >= 0.6 is 0 Å². The zero-order valence-electron chi connectivity index (χ0n) is 11.4. The number of piperidine rings is 1. The van der Waals surface area contributed by atoms with E-state index in [9.17, 15) is 0 Å². The van der Waals surface area contributed by atoms with Crippen molar-refractivity contribution in [1.82, 2.24) is 0 Å². The normalized spacial score (nSPS) is 22.6. The van der Waals surface area contributed by atoms with Crippen LogP contribution in [-0.4, -0.2) is 13.1 Å². The van der Waals surface area contributed by atoms with Gasteiger partial charge in [0.25, 0.3) is 0 Å². The Morgan fingerprint density at radius 3 is 2.39 bits per heavy atom. The summed E-state index contributed by atoms with van der Waals surface area (Å²) in [6, 6.07) is 6.29. The lowest BCUT2D eigenvalue weighted by Gasteiger charge is -2.41. The minimum absolute atomic E-state index is 0.699. The molecule has 1 heterocycles. The first kappa shape index (κ1) is 11.9. The van der Waals surface area contributed by atoms with Crippen molar-refractivity contribution in [1.29, 1.82) is 0 Å². The monoisotopic (exact) mass is 244 g/mol. The minimum atomic E-state index is 0.699. The summed E-state index contributed by atoms with van der Waals surface area (Å²) < 4.78 is 0. The molecule has 2 aliphatic rings. The van der Waals surface area contributed by atoms with Gasteiger partial charge >= 0.3 is 0 Å². The SMILES string of the molecule is Cc1ccc(N)cc1N1CCC2(CCCC2)CC1. The van der Waals surface area contributed by atoms with Gasteiger partial charge in [0, 0.05) is 24.5 Å². The van der Waals surface area contributed by atoms with Crippen LogP contribution in [0.1, 0.15) is 44.1 Å². The van der Waals surface area contributed by atoms with Crippen molar-refractivity contribution >= 4 is 11.4 Å². The Hall–Kier alpha value is -1.18. The van der Waals surface area contributed by atoms with E-state index in [-0.39, 0.29) is 0 Å². The molecule has 2 N–H and O–H groups in total. The van der Waals surface area contributed by atoms with E-state index < -0.39 is 0 Å². The van der Waals surface area contributed by atoms with E-state index >= 15 is 0 Å². The number of aryl methyl sites for hydroxylation is 1. The first-order chi connectivity index (χ1) is 8.69. The third-order valence-electron chi connectivity index (χ3n) is 5.06. The molecule has 1 saturated heterocycles. The van der Waals surface area contributed by atoms with Crippen LogP contribution in [0, 0.1) is 12.3 Å². The van der Waals surface area contributed by atoms with Gasteiger partial charge in [-0.15, -0.1) is 0 Å². The van der Waals surface area contributed by atoms with E-state index in [0.29, 0.717) is 5.41 Å². The van der Waals surface area contributed by atoms with Crippen LogP contribution in [-0.2, 0) is 0 Å². The molecule has 0 aromatic heterocycles. The number of nitrogens with two attached hydrogens (primary N) is 1. The quantitative estimate of drug-likeness (QED) is 0.763. The van der Waals surface area contributed by atoms with Gasteiger partial charge in [0.15, 0.2) is 0 Å². The molecule has 0 radical (unpaired) electrons. The van der Waals surface area contributed by atoms with Crippen molar-refractivity contribution in [2.45, 2.75) is 45.4 Å². The van der Waals surface area contributed by atoms with E-state index in [1.165, 1.54) is 62.9 Å². The van der Waals surface area contributed by atoms with Crippen LogP contribution in [0.2, 0.25) is 0 Å². The zero-order valence-corrected chi connectivity index (χ0v) is 11.4. The summed E-state index contributed by atoms with van der Waals surface area (Å²) in [5.74, 6) is 0. The maximum absolute atomic E-state index is 5.92. The molecular formula is C16H24N2. The fourth-order valence-corrected chi connectivity index (χ4v) is 3.81. The van der Waals surface area contributed by atoms with E-state index in [1.54, 1.807) is 0 Å². The Balaban J connectivity index is 1.74. The van der Waals surface area contributed by atoms with Crippen LogP contribution in [0.25, 0.3) is 0 Å². The Kier molecular flexibility index (Phi) is 2.96. The molecule has 0 bridgehead atoms. The highest BCUT2D eigenvalue weighted by Gasteiger charge is 2.37. The maximum Gasteiger partial charge on any atom is 0.0416 e. The standard InChI is InChI=1S/C16H24N2/c1-13-4-5-14(17)12-15(13)18-10-8-16(9-11-18)6-2-3-7-16/h4-5,12H,2-3,6-11,17H2,1H3. The summed E-state index contributed by atoms with van der Waals surface area (Å²) in [5, 5.41) is 0. The van der Waals surface area contributed by atoms with Crippen LogP contribution in [0.4, 0.5) is 11.4 Å². The molecule has 0 atom stereocenters. The number of nitrogens with zero attached hydrogens (tertiary/aromatic N) is 1. The average molecular weight is 244 g/mol. The predicted molar refractivity (Wildman–Crippen MR) is 77.9 cm³/mol. The molecule has 2 fully saturated rings. The topological polar surface area (TPSA) is 29.3 Å². The Bertz CT molecular complexity index is 423. The number of benzene rings is 1. The van der Waals surface area contributed by atoms with Crippen molar-refractivity contribution in [3.63, 3.8) is 0 Å². The molecule has 1 spiro atoms. The molecule has 1 saturated carbocycles. The summed E-state index contributed by atoms with van der Waals surface area (Å²) in [6.07, 6.45) is 8.60. The third kappa shape index (κ3) is 2.09. The van der Waals surface area contributed by atoms with Crippen LogP contribution in [0.3, 0.4) is 0 Å². The van der Waals surface area contributed by atoms with Crippen LogP contribution in [0.5, 0.6) is 0 Å². The first-order valence-corrected chi connectivity index (χ1v) is 7.30. The third-order valence-corrected chi connectivity index (χ3v) is 5.06. The molecule has 2 heteroatoms. The number of hydrogen-bond acceptors (Lipinski definition) is 2. The number of nitrogen functional groups attached to an aromatic ring is 1. The van der Waals surface area contributed by atoms with E-state index in [2.05, 4.69) is 24.0 Å². The van der Waals surface area contributed by atoms with Gasteiger partial charge in [0.2, 0.25) is 0 Å². The van der Waals surface area contributed by atoms with Crippen molar-refractivity contribution in [2.75, 3.05) is 23.7 Å². The second-order valence-electron chi connectivity index (χ2n) is 6.24. The molecule has 0 unspecified atom stereocenters. The smallest absolute Gasteiger partial charge is 0.0416 e. The second kappa shape index (κ2) is 4.49. The fraction of sp³-hybridized carbons (Fsp3) is 0.625. The number of hydrogen-bond donors (Lipinski definition) is 1. The van der Waals surface area contributed by atoms with Gasteiger partial charge in [-0.05, 0) is 55.7 Å². The van der Waals surface area contributed by atoms with Gasteiger partial charge in [0.05, 0.1) is 0 Å². The molecule has 1 aliphatic carbocycles. The van der Waals surface area contributed by atoms with E-state index in [4.69, 9.17) is 5.73 Å². The van der Waals surface area contributed by atoms with Crippen molar-refractivity contribution in [3.05, 3.63) is 23.8 Å². The Morgan fingerprint density at radius 1 is 1.06 bits per heavy atom. The van der Waals surface area contributed by atoms with Gasteiger partial charge in [-0.1, -0.05) is 18.9 Å². The van der Waals surface area contributed by atoms with Gasteiger partial charge in [-0.2, -0.15) is 0 Å². The lowest BCUT2D eigenvalue weighted by atomic mass is 9.77. The molecule has 1 aromatic rings. The second-order valence-corrected chi connectivity index (χ2v) is 6.24. The highest BCUT2D eigenvalue weighted by atomic mass is 15.1. The summed E-state index contributed by atoms with van der Waals surface area (Å²) in [4.78, 5) is 2.54. The molecule has 1 aromatic carbocycles. The summed E-state index contributed by atoms with van der Waals surface area (Å²) in [6.45, 7) is 4.61. The van der Waals surface area contributed by atoms with Crippen molar-refractivity contribution in [2.24, 2.45) is 5.41 Å². The molecule has 1 aliphatic heterocycles. The fourth-order valence-electron chi connectivity index (χ4n) is 3.81. The summed E-state index contributed by atoms with van der Waals surface area (Å²) in [5.41, 5.74) is 10.2. The van der Waals surface area contributed by atoms with Gasteiger partial charge < -0.3 is 10.6 Å². The molecule has 3 rings (SSSR count). The largest absolute Gasteiger partial charge is 0.399 e. The van der Waals surface area contributed by atoms with Crippen molar-refractivity contribution in [3.8, 4) is 0 Å². The highest BCUT2D eigenvalue weighted by Crippen LogP contribution is 2.46. The average Bonchev–Trinajstić information content (AvgIpc) is 2.82. The molecule has 98 valence electrons. The molecule has 0 amide bonds. The lowest BCUT2D eigenvalue weighted by Crippen LogP contribution is -2.39. The summed E-state index contributed by atoms with van der Waals surface area (Å²) >= 11 is 0. The Labute approximate surface area is 110 Å². The Morgan fingerprint density at radius 2 is 1.72 bits per heavy atom. The predicted octanol–water partition coefficient (Wildman–Crippen LogP) is 3.74. The van der Waals surface area contributed by atoms with Crippen LogP contribution in [0.15, 0.2) is 18.2 Å². The van der Waals surface area contributed by atoms with Gasteiger partial charge in [-0.25, -0.2) is 0 Å². The van der Waals surface area contributed by atoms with Crippen molar-refractivity contribution < 1.29 is 0 Å². The van der Waals surface area contributed by atoms with Gasteiger partial charge in [0.1, 0.15) is 0 Å². The van der Waals surface area contributed by atoms with E-state index in [0.717, 1.165) is 5.69 Å². The first-order valence-electron chi connectivity index (χ1n) is 7.30. The molecular weight excluding hydrogens is 220 g/mol. The minimum Gasteiger partial charge on any atom is -0.399 e.